The molecular weight excluding hydrogens is 254 g/mol. The topological polar surface area (TPSA) is 71.1 Å². The van der Waals surface area contributed by atoms with E-state index in [4.69, 9.17) is 0 Å². The van der Waals surface area contributed by atoms with Crippen molar-refractivity contribution in [3.8, 4) is 0 Å². The molecule has 1 aromatic carbocycles. The molecule has 0 aliphatic heterocycles. The van der Waals surface area contributed by atoms with E-state index in [1.165, 1.54) is 0 Å². The molecule has 5 heteroatoms. The lowest BCUT2D eigenvalue weighted by molar-refractivity contribution is -0.116. The normalized spacial score (nSPS) is 10.3. The highest BCUT2D eigenvalue weighted by atomic mass is 16.2. The Labute approximate surface area is 117 Å². The number of rotatable bonds is 4. The van der Waals surface area contributed by atoms with E-state index >= 15 is 0 Å². The van der Waals surface area contributed by atoms with Crippen LogP contribution in [-0.4, -0.2) is 16.8 Å². The van der Waals surface area contributed by atoms with Gasteiger partial charge in [-0.1, -0.05) is 32.0 Å². The van der Waals surface area contributed by atoms with Gasteiger partial charge in [0.15, 0.2) is 0 Å². The van der Waals surface area contributed by atoms with E-state index in [1.54, 1.807) is 19.9 Å². The second-order valence-electron chi connectivity index (χ2n) is 4.38. The van der Waals surface area contributed by atoms with Crippen molar-refractivity contribution in [1.29, 1.82) is 0 Å². The van der Waals surface area contributed by atoms with Crippen LogP contribution in [-0.2, 0) is 9.59 Å². The van der Waals surface area contributed by atoms with E-state index < -0.39 is 0 Å². The summed E-state index contributed by atoms with van der Waals surface area (Å²) in [6, 6.07) is 9.17. The third kappa shape index (κ3) is 3.12. The fourth-order valence-electron chi connectivity index (χ4n) is 1.81. The summed E-state index contributed by atoms with van der Waals surface area (Å²) >= 11 is 0. The number of hydrogen-bond acceptors (Lipinski definition) is 3. The Balaban J connectivity index is 2.46. The summed E-state index contributed by atoms with van der Waals surface area (Å²) in [7, 11) is 0. The molecule has 2 amide bonds. The van der Waals surface area contributed by atoms with Gasteiger partial charge >= 0.3 is 0 Å². The molecule has 0 radical (unpaired) electrons. The molecular formula is C15H17N3O2. The molecule has 0 aliphatic carbocycles. The SMILES string of the molecule is CCC(=O)Nc1cc(NC(=O)CC)c2ccccc2n1. The average molecular weight is 271 g/mol. The van der Waals surface area contributed by atoms with E-state index in [9.17, 15) is 9.59 Å². The highest BCUT2D eigenvalue weighted by Crippen LogP contribution is 2.25. The first-order chi connectivity index (χ1) is 9.63. The van der Waals surface area contributed by atoms with E-state index in [2.05, 4.69) is 15.6 Å². The van der Waals surface area contributed by atoms with Crippen LogP contribution in [0.5, 0.6) is 0 Å². The van der Waals surface area contributed by atoms with Crippen molar-refractivity contribution in [1.82, 2.24) is 4.98 Å². The number of para-hydroxylation sites is 1. The van der Waals surface area contributed by atoms with Crippen molar-refractivity contribution in [2.75, 3.05) is 10.6 Å². The van der Waals surface area contributed by atoms with Gasteiger partial charge < -0.3 is 10.6 Å². The highest BCUT2D eigenvalue weighted by molar-refractivity contribution is 6.03. The number of pyridine rings is 1. The summed E-state index contributed by atoms with van der Waals surface area (Å²) in [6.07, 6.45) is 0.776. The Bertz CT molecular complexity index is 653. The Morgan fingerprint density at radius 3 is 2.40 bits per heavy atom. The van der Waals surface area contributed by atoms with Gasteiger partial charge in [-0.25, -0.2) is 4.98 Å². The van der Waals surface area contributed by atoms with Crippen molar-refractivity contribution in [2.24, 2.45) is 0 Å². The van der Waals surface area contributed by atoms with Crippen LogP contribution in [0.25, 0.3) is 10.9 Å². The first-order valence-corrected chi connectivity index (χ1v) is 6.63. The molecule has 104 valence electrons. The first-order valence-electron chi connectivity index (χ1n) is 6.63. The van der Waals surface area contributed by atoms with Crippen LogP contribution in [0.3, 0.4) is 0 Å². The van der Waals surface area contributed by atoms with Gasteiger partial charge in [-0.15, -0.1) is 0 Å². The summed E-state index contributed by atoms with van der Waals surface area (Å²) in [6.45, 7) is 3.56. The van der Waals surface area contributed by atoms with Gasteiger partial charge in [-0.05, 0) is 6.07 Å². The number of nitrogens with zero attached hydrogens (tertiary/aromatic N) is 1. The summed E-state index contributed by atoms with van der Waals surface area (Å²) in [5.41, 5.74) is 1.39. The lowest BCUT2D eigenvalue weighted by atomic mass is 10.1. The largest absolute Gasteiger partial charge is 0.325 e. The number of benzene rings is 1. The predicted molar refractivity (Wildman–Crippen MR) is 79.6 cm³/mol. The minimum atomic E-state index is -0.111. The van der Waals surface area contributed by atoms with E-state index in [1.807, 2.05) is 24.3 Å². The summed E-state index contributed by atoms with van der Waals surface area (Å²) < 4.78 is 0. The highest BCUT2D eigenvalue weighted by Gasteiger charge is 2.09. The van der Waals surface area contributed by atoms with Gasteiger partial charge in [0.1, 0.15) is 5.82 Å². The van der Waals surface area contributed by atoms with Crippen LogP contribution in [0.15, 0.2) is 30.3 Å². The molecule has 0 aliphatic rings. The predicted octanol–water partition coefficient (Wildman–Crippen LogP) is 2.93. The number of carbonyl (C=O) groups is 2. The molecule has 0 fully saturated rings. The maximum Gasteiger partial charge on any atom is 0.225 e. The lowest BCUT2D eigenvalue weighted by Gasteiger charge is -2.11. The van der Waals surface area contributed by atoms with Gasteiger partial charge in [0, 0.05) is 24.3 Å². The number of anilines is 2. The van der Waals surface area contributed by atoms with Crippen molar-refractivity contribution < 1.29 is 9.59 Å². The molecule has 5 nitrogen and oxygen atoms in total. The minimum absolute atomic E-state index is 0.0749. The van der Waals surface area contributed by atoms with Crippen molar-refractivity contribution in [3.05, 3.63) is 30.3 Å². The molecule has 2 aromatic rings. The molecule has 0 spiro atoms. The zero-order valence-corrected chi connectivity index (χ0v) is 11.6. The van der Waals surface area contributed by atoms with Gasteiger partial charge in [0.05, 0.1) is 11.2 Å². The fourth-order valence-corrected chi connectivity index (χ4v) is 1.81. The Hall–Kier alpha value is -2.43. The molecule has 1 aromatic heterocycles. The smallest absolute Gasteiger partial charge is 0.225 e. The van der Waals surface area contributed by atoms with Gasteiger partial charge in [0.2, 0.25) is 11.8 Å². The summed E-state index contributed by atoms with van der Waals surface area (Å²) in [5, 5.41) is 6.40. The summed E-state index contributed by atoms with van der Waals surface area (Å²) in [5.74, 6) is 0.261. The van der Waals surface area contributed by atoms with Crippen LogP contribution < -0.4 is 10.6 Å². The number of hydrogen-bond donors (Lipinski definition) is 2. The molecule has 0 atom stereocenters. The lowest BCUT2D eigenvalue weighted by Crippen LogP contribution is -2.13. The third-order valence-corrected chi connectivity index (χ3v) is 2.90. The fraction of sp³-hybridized carbons (Fsp3) is 0.267. The average Bonchev–Trinajstić information content (AvgIpc) is 2.47. The van der Waals surface area contributed by atoms with Crippen molar-refractivity contribution >= 4 is 34.2 Å². The van der Waals surface area contributed by atoms with E-state index in [0.717, 1.165) is 10.9 Å². The molecule has 20 heavy (non-hydrogen) atoms. The maximum atomic E-state index is 11.6. The summed E-state index contributed by atoms with van der Waals surface area (Å²) in [4.78, 5) is 27.4. The van der Waals surface area contributed by atoms with Gasteiger partial charge in [-0.3, -0.25) is 9.59 Å². The van der Waals surface area contributed by atoms with Crippen LogP contribution in [0.1, 0.15) is 26.7 Å². The van der Waals surface area contributed by atoms with Crippen LogP contribution in [0.2, 0.25) is 0 Å². The van der Waals surface area contributed by atoms with E-state index in [-0.39, 0.29) is 11.8 Å². The molecule has 0 saturated heterocycles. The monoisotopic (exact) mass is 271 g/mol. The zero-order valence-electron chi connectivity index (χ0n) is 11.6. The minimum Gasteiger partial charge on any atom is -0.325 e. The Morgan fingerprint density at radius 1 is 1.05 bits per heavy atom. The first kappa shape index (κ1) is 14.0. The molecule has 0 unspecified atom stereocenters. The molecule has 2 rings (SSSR count). The number of nitrogens with one attached hydrogen (secondary N) is 2. The number of aromatic nitrogens is 1. The van der Waals surface area contributed by atoms with Crippen molar-refractivity contribution in [2.45, 2.75) is 26.7 Å². The molecule has 0 saturated carbocycles. The van der Waals surface area contributed by atoms with Gasteiger partial charge in [-0.2, -0.15) is 0 Å². The second-order valence-corrected chi connectivity index (χ2v) is 4.38. The third-order valence-electron chi connectivity index (χ3n) is 2.90. The second kappa shape index (κ2) is 6.14. The number of amides is 2. The van der Waals surface area contributed by atoms with Crippen LogP contribution in [0, 0.1) is 0 Å². The molecule has 2 N–H and O–H groups in total. The zero-order chi connectivity index (χ0) is 14.5. The van der Waals surface area contributed by atoms with Crippen LogP contribution >= 0.6 is 0 Å². The van der Waals surface area contributed by atoms with E-state index in [0.29, 0.717) is 24.3 Å². The molecule has 0 bridgehead atoms. The Morgan fingerprint density at radius 2 is 1.70 bits per heavy atom. The van der Waals surface area contributed by atoms with Crippen molar-refractivity contribution in [3.63, 3.8) is 0 Å². The number of fused-ring (bicyclic) bond motifs is 1. The quantitative estimate of drug-likeness (QED) is 0.898. The van der Waals surface area contributed by atoms with Gasteiger partial charge in [0.25, 0.3) is 0 Å². The molecule has 1 heterocycles. The number of carbonyl (C=O) groups excluding carboxylic acids is 2. The van der Waals surface area contributed by atoms with Crippen LogP contribution in [0.4, 0.5) is 11.5 Å². The Kier molecular flexibility index (Phi) is 4.30. The standard InChI is InChI=1S/C15H17N3O2/c1-3-14(19)17-12-9-13(18-15(20)4-2)16-11-8-6-5-7-10(11)12/h5-9H,3-4H2,1-2H3,(H2,16,17,18,19,20). The maximum absolute atomic E-state index is 11.6.